The fourth-order valence-corrected chi connectivity index (χ4v) is 5.65. The van der Waals surface area contributed by atoms with E-state index in [-0.39, 0.29) is 23.5 Å². The third-order valence-corrected chi connectivity index (χ3v) is 8.29. The summed E-state index contributed by atoms with van der Waals surface area (Å²) in [5.41, 5.74) is 4.16. The molecule has 1 N–H and O–H groups in total. The maximum absolute atomic E-state index is 13.7. The van der Waals surface area contributed by atoms with E-state index >= 15 is 0 Å². The Morgan fingerprint density at radius 1 is 0.667 bits per heavy atom. The van der Waals surface area contributed by atoms with Gasteiger partial charge in [0.1, 0.15) is 11.7 Å². The summed E-state index contributed by atoms with van der Waals surface area (Å²) in [4.78, 5) is 27.2. The number of hydrogen-bond acceptors (Lipinski definition) is 2. The average molecular weight is 574 g/mol. The molecule has 0 bridgehead atoms. The highest BCUT2D eigenvalue weighted by Crippen LogP contribution is 2.33. The number of unbranched alkanes of at least 4 members (excludes halogenated alkanes) is 11. The van der Waals surface area contributed by atoms with Crippen LogP contribution in [0.15, 0.2) is 60.7 Å². The van der Waals surface area contributed by atoms with Gasteiger partial charge < -0.3 is 5.32 Å². The van der Waals surface area contributed by atoms with Gasteiger partial charge >= 0.3 is 0 Å². The molecule has 0 heterocycles. The molecule has 0 radical (unpaired) electrons. The first-order valence-corrected chi connectivity index (χ1v) is 17.0. The van der Waals surface area contributed by atoms with Crippen molar-refractivity contribution in [3.63, 3.8) is 0 Å². The van der Waals surface area contributed by atoms with Gasteiger partial charge in [-0.1, -0.05) is 147 Å². The minimum absolute atomic E-state index is 0.0575. The number of amides is 1. The highest BCUT2D eigenvalue weighted by molar-refractivity contribution is 6.08. The molecule has 0 aromatic heterocycles. The molecule has 0 fully saturated rings. The molecule has 0 saturated carbocycles. The molecule has 2 aromatic rings. The molecule has 3 nitrogen and oxygen atoms in total. The lowest BCUT2D eigenvalue weighted by Gasteiger charge is -2.23. The third-order valence-electron chi connectivity index (χ3n) is 8.29. The zero-order valence-corrected chi connectivity index (χ0v) is 27.4. The number of benzene rings is 2. The van der Waals surface area contributed by atoms with Gasteiger partial charge in [0.05, 0.1) is 0 Å². The number of nitrogens with one attached hydrogen (secondary N) is 1. The van der Waals surface area contributed by atoms with Gasteiger partial charge in [0.15, 0.2) is 0 Å². The first-order chi connectivity index (χ1) is 20.3. The summed E-state index contributed by atoms with van der Waals surface area (Å²) in [5.74, 6) is -0.241. The number of Topliss-reactive ketones (excluding diaryl/α,β-unsaturated/α-hetero) is 1. The SMILES string of the molecule is CCCCCCCCC=CCCCCCCCC(=O)C(Cc1ccccc1)C(=O)Nc1c(C(C)C)cccc1C(C)C. The number of allylic oxidation sites excluding steroid dienone is 2. The van der Waals surface area contributed by atoms with Crippen LogP contribution in [0.1, 0.15) is 153 Å². The molecule has 1 unspecified atom stereocenters. The Bertz CT molecular complexity index is 1030. The zero-order chi connectivity index (χ0) is 30.6. The predicted molar refractivity (Wildman–Crippen MR) is 181 cm³/mol. The number of carbonyl (C=O) groups is 2. The summed E-state index contributed by atoms with van der Waals surface area (Å²) in [6.07, 6.45) is 21.6. The quantitative estimate of drug-likeness (QED) is 0.0865. The predicted octanol–water partition coefficient (Wildman–Crippen LogP) is 11.3. The van der Waals surface area contributed by atoms with E-state index in [2.05, 4.69) is 70.3 Å². The van der Waals surface area contributed by atoms with E-state index < -0.39 is 5.92 Å². The summed E-state index contributed by atoms with van der Waals surface area (Å²) < 4.78 is 0. The van der Waals surface area contributed by atoms with Crippen molar-refractivity contribution in [1.29, 1.82) is 0 Å². The summed E-state index contributed by atoms with van der Waals surface area (Å²) in [7, 11) is 0. The Morgan fingerprint density at radius 3 is 1.74 bits per heavy atom. The molecule has 0 aliphatic carbocycles. The van der Waals surface area contributed by atoms with Gasteiger partial charge in [0, 0.05) is 12.1 Å². The number of carbonyl (C=O) groups excluding carboxylic acids is 2. The molecule has 3 heteroatoms. The standard InChI is InChI=1S/C39H59NO2/c1-6-7-8-9-10-11-12-13-14-15-16-17-18-19-23-29-37(41)36(30-33-25-21-20-22-26-33)39(42)40-38-34(31(2)3)27-24-28-35(38)32(4)5/h13-14,20-22,24-28,31-32,36H,6-12,15-19,23,29-30H2,1-5H3,(H,40,42). The average Bonchev–Trinajstić information content (AvgIpc) is 2.98. The molecular formula is C39H59NO2. The molecule has 1 amide bonds. The van der Waals surface area contributed by atoms with Gasteiger partial charge in [-0.25, -0.2) is 0 Å². The molecular weight excluding hydrogens is 514 g/mol. The Kier molecular flexibility index (Phi) is 17.8. The normalized spacial score (nSPS) is 12.4. The lowest BCUT2D eigenvalue weighted by molar-refractivity contribution is -0.131. The molecule has 2 rings (SSSR count). The van der Waals surface area contributed by atoms with Crippen molar-refractivity contribution in [1.82, 2.24) is 0 Å². The van der Waals surface area contributed by atoms with Crippen molar-refractivity contribution >= 4 is 17.4 Å². The van der Waals surface area contributed by atoms with Crippen molar-refractivity contribution < 1.29 is 9.59 Å². The van der Waals surface area contributed by atoms with Crippen LogP contribution >= 0.6 is 0 Å². The van der Waals surface area contributed by atoms with E-state index in [1.165, 1.54) is 57.8 Å². The second kappa shape index (κ2) is 21.1. The van der Waals surface area contributed by atoms with E-state index in [9.17, 15) is 9.59 Å². The van der Waals surface area contributed by atoms with Crippen LogP contribution in [0, 0.1) is 5.92 Å². The van der Waals surface area contributed by atoms with Crippen LogP contribution in [-0.4, -0.2) is 11.7 Å². The summed E-state index contributed by atoms with van der Waals surface area (Å²) in [5, 5.41) is 3.23. The van der Waals surface area contributed by atoms with Gasteiger partial charge in [-0.15, -0.1) is 0 Å². The minimum atomic E-state index is -0.676. The smallest absolute Gasteiger partial charge is 0.235 e. The Hall–Kier alpha value is -2.68. The van der Waals surface area contributed by atoms with E-state index in [0.717, 1.165) is 48.1 Å². The monoisotopic (exact) mass is 573 g/mol. The van der Waals surface area contributed by atoms with Crippen molar-refractivity contribution in [3.05, 3.63) is 77.4 Å². The van der Waals surface area contributed by atoms with Gasteiger partial charge in [-0.3, -0.25) is 9.59 Å². The summed E-state index contributed by atoms with van der Waals surface area (Å²) in [6, 6.07) is 16.2. The molecule has 42 heavy (non-hydrogen) atoms. The molecule has 0 spiro atoms. The second-order valence-electron chi connectivity index (χ2n) is 12.7. The van der Waals surface area contributed by atoms with Crippen LogP contribution in [0.25, 0.3) is 0 Å². The first kappa shape index (κ1) is 35.5. The van der Waals surface area contributed by atoms with E-state index in [0.29, 0.717) is 12.8 Å². The van der Waals surface area contributed by atoms with Crippen LogP contribution in [0.4, 0.5) is 5.69 Å². The van der Waals surface area contributed by atoms with E-state index in [4.69, 9.17) is 0 Å². The van der Waals surface area contributed by atoms with Crippen LogP contribution < -0.4 is 5.32 Å². The lowest BCUT2D eigenvalue weighted by atomic mass is 9.89. The highest BCUT2D eigenvalue weighted by Gasteiger charge is 2.28. The lowest BCUT2D eigenvalue weighted by Crippen LogP contribution is -2.32. The van der Waals surface area contributed by atoms with Crippen molar-refractivity contribution in [2.75, 3.05) is 5.32 Å². The molecule has 2 aromatic carbocycles. The highest BCUT2D eigenvalue weighted by atomic mass is 16.2. The van der Waals surface area contributed by atoms with Crippen LogP contribution in [0.5, 0.6) is 0 Å². The van der Waals surface area contributed by atoms with Crippen molar-refractivity contribution in [2.45, 2.75) is 143 Å². The Morgan fingerprint density at radius 2 is 1.19 bits per heavy atom. The maximum Gasteiger partial charge on any atom is 0.235 e. The molecule has 0 saturated heterocycles. The first-order valence-electron chi connectivity index (χ1n) is 17.0. The van der Waals surface area contributed by atoms with Gasteiger partial charge in [0.25, 0.3) is 0 Å². The Labute approximate surface area is 258 Å². The van der Waals surface area contributed by atoms with Crippen LogP contribution in [-0.2, 0) is 16.0 Å². The molecule has 0 aliphatic rings. The minimum Gasteiger partial charge on any atom is -0.325 e. The van der Waals surface area contributed by atoms with E-state index in [1.54, 1.807) is 0 Å². The van der Waals surface area contributed by atoms with Crippen LogP contribution in [0.2, 0.25) is 0 Å². The number of hydrogen-bond donors (Lipinski definition) is 1. The zero-order valence-electron chi connectivity index (χ0n) is 27.4. The summed E-state index contributed by atoms with van der Waals surface area (Å²) in [6.45, 7) is 10.9. The number of rotatable bonds is 22. The fraction of sp³-hybridized carbons (Fsp3) is 0.590. The fourth-order valence-electron chi connectivity index (χ4n) is 5.65. The largest absolute Gasteiger partial charge is 0.325 e. The van der Waals surface area contributed by atoms with Gasteiger partial charge in [0.2, 0.25) is 5.91 Å². The molecule has 1 atom stereocenters. The number of para-hydroxylation sites is 1. The maximum atomic E-state index is 13.7. The molecule has 232 valence electrons. The Balaban J connectivity index is 1.85. The van der Waals surface area contributed by atoms with Gasteiger partial charge in [-0.05, 0) is 67.1 Å². The van der Waals surface area contributed by atoms with Crippen molar-refractivity contribution in [2.24, 2.45) is 5.92 Å². The number of anilines is 1. The van der Waals surface area contributed by atoms with Gasteiger partial charge in [-0.2, -0.15) is 0 Å². The number of ketones is 1. The van der Waals surface area contributed by atoms with Crippen LogP contribution in [0.3, 0.4) is 0 Å². The van der Waals surface area contributed by atoms with Crippen molar-refractivity contribution in [3.8, 4) is 0 Å². The summed E-state index contributed by atoms with van der Waals surface area (Å²) >= 11 is 0. The topological polar surface area (TPSA) is 46.2 Å². The third kappa shape index (κ3) is 13.5. The second-order valence-corrected chi connectivity index (χ2v) is 12.7. The van der Waals surface area contributed by atoms with E-state index in [1.807, 2.05) is 30.3 Å². The molecule has 0 aliphatic heterocycles.